The average molecular weight is 526 g/mol. The Bertz CT molecular complexity index is 1210. The van der Waals surface area contributed by atoms with Crippen LogP contribution in [0.3, 0.4) is 0 Å². The quantitative estimate of drug-likeness (QED) is 0.295. The van der Waals surface area contributed by atoms with E-state index in [1.165, 1.54) is 0 Å². The van der Waals surface area contributed by atoms with E-state index in [1.54, 1.807) is 68.8 Å². The molecule has 0 unspecified atom stereocenters. The smallest absolute Gasteiger partial charge is 0.343 e. The number of methoxy groups -OCH3 is 2. The molecule has 0 amide bonds. The summed E-state index contributed by atoms with van der Waals surface area (Å²) in [7, 11) is 3.13. The summed E-state index contributed by atoms with van der Waals surface area (Å²) in [6.45, 7) is 3.10. The van der Waals surface area contributed by atoms with E-state index >= 15 is 0 Å². The third kappa shape index (κ3) is 6.81. The molecule has 0 saturated carbocycles. The third-order valence-electron chi connectivity index (χ3n) is 6.26. The van der Waals surface area contributed by atoms with Gasteiger partial charge in [0.15, 0.2) is 11.5 Å². The highest BCUT2D eigenvalue weighted by Gasteiger charge is 2.27. The van der Waals surface area contributed by atoms with Crippen LogP contribution in [0.15, 0.2) is 60.7 Å². The molecule has 4 rings (SSSR count). The van der Waals surface area contributed by atoms with Crippen LogP contribution in [-0.4, -0.2) is 38.7 Å². The summed E-state index contributed by atoms with van der Waals surface area (Å²) < 4.78 is 22.0. The van der Waals surface area contributed by atoms with Crippen molar-refractivity contribution in [3.05, 3.63) is 82.9 Å². The molecule has 0 saturated heterocycles. The molecule has 0 fully saturated rings. The molecule has 8 heteroatoms. The predicted octanol–water partition coefficient (Wildman–Crippen LogP) is 5.42. The minimum Gasteiger partial charge on any atom is -0.497 e. The molecule has 0 bridgehead atoms. The number of benzene rings is 3. The SMILES string of the molecule is CCCN[C@H]1CCc2c(ccc(OC(=O)c3ccc(OC)cc3)c2OC(=O)c2ccc(OC)cc2)C1.Cl. The molecular weight excluding hydrogens is 494 g/mol. The fraction of sp³-hybridized carbons (Fsp3) is 0.310. The number of fused-ring (bicyclic) bond motifs is 1. The lowest BCUT2D eigenvalue weighted by molar-refractivity contribution is 0.0680. The lowest BCUT2D eigenvalue weighted by Gasteiger charge is -2.27. The molecule has 0 spiro atoms. The Balaban J connectivity index is 0.00000380. The van der Waals surface area contributed by atoms with Gasteiger partial charge in [0.05, 0.1) is 25.3 Å². The second-order valence-electron chi connectivity index (χ2n) is 8.66. The largest absolute Gasteiger partial charge is 0.497 e. The topological polar surface area (TPSA) is 83.1 Å². The van der Waals surface area contributed by atoms with E-state index in [4.69, 9.17) is 18.9 Å². The normalized spacial score (nSPS) is 14.1. The predicted molar refractivity (Wildman–Crippen MR) is 144 cm³/mol. The fourth-order valence-electron chi connectivity index (χ4n) is 4.28. The van der Waals surface area contributed by atoms with Crippen LogP contribution in [0.5, 0.6) is 23.0 Å². The van der Waals surface area contributed by atoms with Gasteiger partial charge in [0.1, 0.15) is 11.5 Å². The van der Waals surface area contributed by atoms with Crippen LogP contribution in [0.2, 0.25) is 0 Å². The van der Waals surface area contributed by atoms with Gasteiger partial charge in [-0.15, -0.1) is 12.4 Å². The zero-order valence-corrected chi connectivity index (χ0v) is 22.1. The van der Waals surface area contributed by atoms with Crippen molar-refractivity contribution in [2.24, 2.45) is 0 Å². The first-order valence-electron chi connectivity index (χ1n) is 12.1. The molecule has 3 aromatic rings. The van der Waals surface area contributed by atoms with Gasteiger partial charge in [-0.2, -0.15) is 0 Å². The Morgan fingerprint density at radius 3 is 1.95 bits per heavy atom. The van der Waals surface area contributed by atoms with Crippen molar-refractivity contribution in [1.82, 2.24) is 5.32 Å². The number of ether oxygens (including phenoxy) is 4. The molecule has 196 valence electrons. The Morgan fingerprint density at radius 1 is 0.838 bits per heavy atom. The van der Waals surface area contributed by atoms with Crippen LogP contribution < -0.4 is 24.3 Å². The maximum Gasteiger partial charge on any atom is 0.343 e. The minimum absolute atomic E-state index is 0. The first-order valence-corrected chi connectivity index (χ1v) is 12.1. The Kier molecular flexibility index (Phi) is 9.94. The lowest BCUT2D eigenvalue weighted by Crippen LogP contribution is -2.35. The van der Waals surface area contributed by atoms with Gasteiger partial charge in [0.2, 0.25) is 0 Å². The van der Waals surface area contributed by atoms with Crippen molar-refractivity contribution in [3.8, 4) is 23.0 Å². The van der Waals surface area contributed by atoms with Crippen molar-refractivity contribution in [2.75, 3.05) is 20.8 Å². The summed E-state index contributed by atoms with van der Waals surface area (Å²) >= 11 is 0. The van der Waals surface area contributed by atoms with E-state index in [2.05, 4.69) is 12.2 Å². The maximum atomic E-state index is 13.1. The highest BCUT2D eigenvalue weighted by molar-refractivity contribution is 5.93. The number of rotatable bonds is 9. The van der Waals surface area contributed by atoms with Crippen molar-refractivity contribution in [1.29, 1.82) is 0 Å². The molecule has 37 heavy (non-hydrogen) atoms. The molecule has 0 heterocycles. The number of halogens is 1. The number of nitrogens with one attached hydrogen (secondary N) is 1. The number of esters is 2. The van der Waals surface area contributed by atoms with E-state index < -0.39 is 11.9 Å². The monoisotopic (exact) mass is 525 g/mol. The molecule has 0 aromatic heterocycles. The molecule has 1 aliphatic carbocycles. The molecule has 1 N–H and O–H groups in total. The number of hydrogen-bond acceptors (Lipinski definition) is 7. The Hall–Kier alpha value is -3.55. The summed E-state index contributed by atoms with van der Waals surface area (Å²) in [5, 5.41) is 3.57. The maximum absolute atomic E-state index is 13.1. The van der Waals surface area contributed by atoms with Crippen molar-refractivity contribution < 1.29 is 28.5 Å². The zero-order valence-electron chi connectivity index (χ0n) is 21.2. The molecule has 1 aliphatic rings. The molecule has 0 aliphatic heterocycles. The summed E-state index contributed by atoms with van der Waals surface area (Å²) in [6.07, 6.45) is 3.48. The molecule has 7 nitrogen and oxygen atoms in total. The number of carbonyl (C=O) groups excluding carboxylic acids is 2. The van der Waals surface area contributed by atoms with Gasteiger partial charge in [-0.1, -0.05) is 13.0 Å². The van der Waals surface area contributed by atoms with Crippen molar-refractivity contribution >= 4 is 24.3 Å². The number of carbonyl (C=O) groups is 2. The molecule has 0 radical (unpaired) electrons. The van der Waals surface area contributed by atoms with Gasteiger partial charge in [-0.3, -0.25) is 0 Å². The number of hydrogen-bond donors (Lipinski definition) is 1. The lowest BCUT2D eigenvalue weighted by atomic mass is 9.87. The summed E-state index contributed by atoms with van der Waals surface area (Å²) in [6, 6.07) is 17.4. The minimum atomic E-state index is -0.544. The van der Waals surface area contributed by atoms with Crippen LogP contribution in [-0.2, 0) is 12.8 Å². The highest BCUT2D eigenvalue weighted by atomic mass is 35.5. The van der Waals surface area contributed by atoms with E-state index in [-0.39, 0.29) is 18.2 Å². The Labute approximate surface area is 223 Å². The van der Waals surface area contributed by atoms with Gasteiger partial charge in [0.25, 0.3) is 0 Å². The van der Waals surface area contributed by atoms with Gasteiger partial charge in [-0.25, -0.2) is 9.59 Å². The fourth-order valence-corrected chi connectivity index (χ4v) is 4.28. The second kappa shape index (κ2) is 13.1. The first-order chi connectivity index (χ1) is 17.5. The summed E-state index contributed by atoms with van der Waals surface area (Å²) in [5.41, 5.74) is 2.71. The van der Waals surface area contributed by atoms with Crippen LogP contribution in [0.1, 0.15) is 51.6 Å². The average Bonchev–Trinajstić information content (AvgIpc) is 2.92. The summed E-state index contributed by atoms with van der Waals surface area (Å²) in [5.74, 6) is 0.723. The molecule has 3 aromatic carbocycles. The van der Waals surface area contributed by atoms with Crippen LogP contribution in [0, 0.1) is 0 Å². The van der Waals surface area contributed by atoms with Crippen LogP contribution >= 0.6 is 12.4 Å². The molecular formula is C29H32ClNO6. The van der Waals surface area contributed by atoms with Crippen molar-refractivity contribution in [3.63, 3.8) is 0 Å². The van der Waals surface area contributed by atoms with E-state index in [0.717, 1.165) is 36.9 Å². The van der Waals surface area contributed by atoms with Crippen LogP contribution in [0.25, 0.3) is 0 Å². The van der Waals surface area contributed by atoms with Gasteiger partial charge in [-0.05, 0) is 92.4 Å². The van der Waals surface area contributed by atoms with E-state index in [9.17, 15) is 9.59 Å². The van der Waals surface area contributed by atoms with Crippen molar-refractivity contribution in [2.45, 2.75) is 38.6 Å². The van der Waals surface area contributed by atoms with Gasteiger partial charge in [0, 0.05) is 11.6 Å². The third-order valence-corrected chi connectivity index (χ3v) is 6.26. The van der Waals surface area contributed by atoms with Crippen LogP contribution in [0.4, 0.5) is 0 Å². The van der Waals surface area contributed by atoms with Gasteiger partial charge >= 0.3 is 11.9 Å². The van der Waals surface area contributed by atoms with E-state index in [0.29, 0.717) is 40.8 Å². The highest BCUT2D eigenvalue weighted by Crippen LogP contribution is 2.39. The van der Waals surface area contributed by atoms with E-state index in [1.807, 2.05) is 6.07 Å². The Morgan fingerprint density at radius 2 is 1.41 bits per heavy atom. The standard InChI is InChI=1S/C29H31NO6.ClH/c1-4-17-30-22-10-15-25-21(18-22)9-16-26(35-28(31)19-5-11-23(33-2)12-6-19)27(25)36-29(32)20-7-13-24(34-3)14-8-20;/h5-9,11-14,16,22,30H,4,10,15,17-18H2,1-3H3;1H/t22-;/m0./s1. The first kappa shape index (κ1) is 28.0. The molecule has 1 atom stereocenters. The summed E-state index contributed by atoms with van der Waals surface area (Å²) in [4.78, 5) is 26.0. The second-order valence-corrected chi connectivity index (χ2v) is 8.66. The van der Waals surface area contributed by atoms with Gasteiger partial charge < -0.3 is 24.3 Å². The zero-order chi connectivity index (χ0) is 25.5.